The molecule has 0 spiro atoms. The van der Waals surface area contributed by atoms with E-state index >= 15 is 0 Å². The fourth-order valence-corrected chi connectivity index (χ4v) is 2.32. The lowest BCUT2D eigenvalue weighted by atomic mass is 10.1. The number of hydrogen-bond acceptors (Lipinski definition) is 3. The van der Waals surface area contributed by atoms with Gasteiger partial charge in [0.15, 0.2) is 0 Å². The van der Waals surface area contributed by atoms with Crippen LogP contribution in [-0.2, 0) is 6.54 Å². The van der Waals surface area contributed by atoms with Gasteiger partial charge in [0.05, 0.1) is 6.61 Å². The molecule has 5 heteroatoms. The number of rotatable bonds is 7. The average Bonchev–Trinajstić information content (AvgIpc) is 2.54. The van der Waals surface area contributed by atoms with Crippen LogP contribution in [0, 0.1) is 0 Å². The second kappa shape index (κ2) is 8.19. The van der Waals surface area contributed by atoms with Crippen molar-refractivity contribution < 1.29 is 9.53 Å². The fraction of sp³-hybridized carbons (Fsp3) is 0.278. The molecule has 0 saturated carbocycles. The third kappa shape index (κ3) is 5.00. The van der Waals surface area contributed by atoms with Crippen molar-refractivity contribution in [3.05, 3.63) is 59.7 Å². The molecule has 2 amide bonds. The van der Waals surface area contributed by atoms with E-state index in [0.29, 0.717) is 12.3 Å². The number of para-hydroxylation sites is 1. The average molecular weight is 313 g/mol. The third-order valence-corrected chi connectivity index (χ3v) is 3.55. The molecule has 0 heterocycles. The summed E-state index contributed by atoms with van der Waals surface area (Å²) in [7, 11) is 0. The Labute approximate surface area is 136 Å². The Hall–Kier alpha value is -2.53. The number of nitrogens with one attached hydrogen (secondary N) is 2. The van der Waals surface area contributed by atoms with Crippen molar-refractivity contribution in [1.82, 2.24) is 5.32 Å². The molecule has 1 atom stereocenters. The lowest BCUT2D eigenvalue weighted by molar-refractivity contribution is 0.259. The summed E-state index contributed by atoms with van der Waals surface area (Å²) < 4.78 is 5.64. The molecule has 2 aromatic rings. The number of carbonyl (C=O) groups is 1. The lowest BCUT2D eigenvalue weighted by Gasteiger charge is -2.16. The summed E-state index contributed by atoms with van der Waals surface area (Å²) in [6, 6.07) is 15.3. The Balaban J connectivity index is 1.97. The monoisotopic (exact) mass is 313 g/mol. The van der Waals surface area contributed by atoms with Crippen LogP contribution >= 0.6 is 0 Å². The highest BCUT2D eigenvalue weighted by molar-refractivity contribution is 5.87. The maximum atomic E-state index is 10.8. The number of primary amides is 1. The van der Waals surface area contributed by atoms with E-state index in [1.807, 2.05) is 49.4 Å². The molecule has 2 rings (SSSR count). The first-order chi connectivity index (χ1) is 11.1. The van der Waals surface area contributed by atoms with Crippen LogP contribution in [0.3, 0.4) is 0 Å². The van der Waals surface area contributed by atoms with Gasteiger partial charge < -0.3 is 21.1 Å². The van der Waals surface area contributed by atoms with E-state index in [4.69, 9.17) is 10.5 Å². The molecule has 0 aliphatic rings. The van der Waals surface area contributed by atoms with Crippen LogP contribution in [0.4, 0.5) is 10.5 Å². The number of urea groups is 1. The summed E-state index contributed by atoms with van der Waals surface area (Å²) in [6.07, 6.45) is 0. The van der Waals surface area contributed by atoms with Gasteiger partial charge in [-0.1, -0.05) is 30.3 Å². The summed E-state index contributed by atoms with van der Waals surface area (Å²) in [5.41, 5.74) is 8.05. The van der Waals surface area contributed by atoms with Gasteiger partial charge in [-0.2, -0.15) is 0 Å². The molecule has 0 aliphatic heterocycles. The Bertz CT molecular complexity index is 641. The Morgan fingerprint density at radius 3 is 2.52 bits per heavy atom. The molecule has 0 fully saturated rings. The molecule has 4 N–H and O–H groups in total. The lowest BCUT2D eigenvalue weighted by Crippen LogP contribution is -2.20. The largest absolute Gasteiger partial charge is 0.494 e. The molecule has 0 bridgehead atoms. The van der Waals surface area contributed by atoms with Gasteiger partial charge in [-0.15, -0.1) is 0 Å². The first-order valence-corrected chi connectivity index (χ1v) is 7.70. The van der Waals surface area contributed by atoms with E-state index < -0.39 is 6.03 Å². The van der Waals surface area contributed by atoms with E-state index in [9.17, 15) is 4.79 Å². The summed E-state index contributed by atoms with van der Waals surface area (Å²) in [4.78, 5) is 10.8. The number of anilines is 1. The molecule has 0 aliphatic carbocycles. The van der Waals surface area contributed by atoms with Crippen molar-refractivity contribution in [2.75, 3.05) is 11.9 Å². The van der Waals surface area contributed by atoms with Gasteiger partial charge in [-0.25, -0.2) is 4.79 Å². The number of nitrogens with two attached hydrogens (primary N) is 1. The molecule has 1 unspecified atom stereocenters. The molecule has 5 nitrogen and oxygen atoms in total. The second-order valence-electron chi connectivity index (χ2n) is 5.25. The maximum Gasteiger partial charge on any atom is 0.316 e. The predicted octanol–water partition coefficient (Wildman–Crippen LogP) is 3.43. The first-order valence-electron chi connectivity index (χ1n) is 7.70. The van der Waals surface area contributed by atoms with Gasteiger partial charge in [0, 0.05) is 23.8 Å². The normalized spacial score (nSPS) is 11.7. The van der Waals surface area contributed by atoms with Crippen molar-refractivity contribution in [2.24, 2.45) is 5.73 Å². The smallest absolute Gasteiger partial charge is 0.316 e. The third-order valence-electron chi connectivity index (χ3n) is 3.55. The van der Waals surface area contributed by atoms with Gasteiger partial charge in [-0.05, 0) is 37.6 Å². The summed E-state index contributed by atoms with van der Waals surface area (Å²) in [6.45, 7) is 5.45. The number of benzene rings is 2. The fourth-order valence-electron chi connectivity index (χ4n) is 2.32. The quantitative estimate of drug-likeness (QED) is 0.733. The zero-order chi connectivity index (χ0) is 16.7. The van der Waals surface area contributed by atoms with E-state index in [1.165, 1.54) is 0 Å². The molecule has 23 heavy (non-hydrogen) atoms. The van der Waals surface area contributed by atoms with Crippen LogP contribution in [0.25, 0.3) is 0 Å². The van der Waals surface area contributed by atoms with Gasteiger partial charge in [0.25, 0.3) is 0 Å². The molecule has 0 radical (unpaired) electrons. The Morgan fingerprint density at radius 1 is 1.17 bits per heavy atom. The molecule has 0 saturated heterocycles. The van der Waals surface area contributed by atoms with E-state index in [1.54, 1.807) is 0 Å². The molecular formula is C18H23N3O2. The minimum Gasteiger partial charge on any atom is -0.494 e. The van der Waals surface area contributed by atoms with Crippen molar-refractivity contribution in [3.8, 4) is 5.75 Å². The zero-order valence-corrected chi connectivity index (χ0v) is 13.5. The Morgan fingerprint density at radius 2 is 1.87 bits per heavy atom. The van der Waals surface area contributed by atoms with Crippen LogP contribution in [0.15, 0.2) is 48.5 Å². The maximum absolute atomic E-state index is 10.8. The molecular weight excluding hydrogens is 290 g/mol. The van der Waals surface area contributed by atoms with Gasteiger partial charge in [0.2, 0.25) is 0 Å². The minimum atomic E-state index is -0.559. The van der Waals surface area contributed by atoms with Gasteiger partial charge >= 0.3 is 6.03 Å². The highest BCUT2D eigenvalue weighted by Gasteiger charge is 2.08. The van der Waals surface area contributed by atoms with E-state index in [-0.39, 0.29) is 6.04 Å². The van der Waals surface area contributed by atoms with Crippen molar-refractivity contribution in [3.63, 3.8) is 0 Å². The number of carbonyl (C=O) groups excluding carboxylic acids is 1. The number of hydrogen-bond donors (Lipinski definition) is 3. The van der Waals surface area contributed by atoms with E-state index in [0.717, 1.165) is 23.4 Å². The number of amides is 2. The summed E-state index contributed by atoms with van der Waals surface area (Å²) in [5.74, 6) is 0.913. The highest BCUT2D eigenvalue weighted by Crippen LogP contribution is 2.20. The van der Waals surface area contributed by atoms with Crippen molar-refractivity contribution in [1.29, 1.82) is 0 Å². The highest BCUT2D eigenvalue weighted by atomic mass is 16.5. The SMILES string of the molecule is CCOc1ccccc1CNC(C)c1ccc(NC(N)=O)cc1. The first kappa shape index (κ1) is 16.8. The second-order valence-corrected chi connectivity index (χ2v) is 5.25. The summed E-state index contributed by atoms with van der Waals surface area (Å²) in [5, 5.41) is 6.03. The predicted molar refractivity (Wildman–Crippen MR) is 92.5 cm³/mol. The van der Waals surface area contributed by atoms with Gasteiger partial charge in [0.1, 0.15) is 5.75 Å². The standard InChI is InChI=1S/C18H23N3O2/c1-3-23-17-7-5-4-6-15(17)12-20-13(2)14-8-10-16(11-9-14)21-18(19)22/h4-11,13,20H,3,12H2,1-2H3,(H3,19,21,22). The van der Waals surface area contributed by atoms with Crippen LogP contribution < -0.4 is 21.1 Å². The van der Waals surface area contributed by atoms with Crippen molar-refractivity contribution >= 4 is 11.7 Å². The van der Waals surface area contributed by atoms with Gasteiger partial charge in [-0.3, -0.25) is 0 Å². The zero-order valence-electron chi connectivity index (χ0n) is 13.5. The molecule has 2 aromatic carbocycles. The number of ether oxygens (including phenoxy) is 1. The van der Waals surface area contributed by atoms with Crippen LogP contribution in [0.5, 0.6) is 5.75 Å². The van der Waals surface area contributed by atoms with Crippen LogP contribution in [-0.4, -0.2) is 12.6 Å². The molecule has 0 aromatic heterocycles. The summed E-state index contributed by atoms with van der Waals surface area (Å²) >= 11 is 0. The van der Waals surface area contributed by atoms with Crippen LogP contribution in [0.1, 0.15) is 31.0 Å². The Kier molecular flexibility index (Phi) is 6.00. The van der Waals surface area contributed by atoms with Crippen molar-refractivity contribution in [2.45, 2.75) is 26.4 Å². The van der Waals surface area contributed by atoms with E-state index in [2.05, 4.69) is 23.6 Å². The molecule has 122 valence electrons. The topological polar surface area (TPSA) is 76.4 Å². The van der Waals surface area contributed by atoms with Crippen LogP contribution in [0.2, 0.25) is 0 Å². The minimum absolute atomic E-state index is 0.173.